The summed E-state index contributed by atoms with van der Waals surface area (Å²) in [7, 11) is 0. The topological polar surface area (TPSA) is 106 Å². The Kier molecular flexibility index (Phi) is 7.81. The number of allylic oxidation sites excluding steroid dienone is 3. The van der Waals surface area contributed by atoms with Gasteiger partial charge in [0.25, 0.3) is 11.8 Å². The average Bonchev–Trinajstić information content (AvgIpc) is 3.32. The summed E-state index contributed by atoms with van der Waals surface area (Å²) < 4.78 is 72.1. The van der Waals surface area contributed by atoms with Gasteiger partial charge in [-0.3, -0.25) is 24.2 Å². The van der Waals surface area contributed by atoms with E-state index in [1.807, 2.05) is 6.07 Å². The third kappa shape index (κ3) is 5.74. The van der Waals surface area contributed by atoms with Crippen molar-refractivity contribution in [2.45, 2.75) is 63.1 Å². The Labute approximate surface area is 243 Å². The normalized spacial score (nSPS) is 23.7. The molecule has 2 fully saturated rings. The maximum absolute atomic E-state index is 15.7. The van der Waals surface area contributed by atoms with Crippen LogP contribution in [0.15, 0.2) is 60.6 Å². The van der Waals surface area contributed by atoms with Crippen LogP contribution < -0.4 is 15.1 Å². The molecule has 1 unspecified atom stereocenters. The lowest BCUT2D eigenvalue weighted by atomic mass is 9.73. The van der Waals surface area contributed by atoms with Gasteiger partial charge in [0.1, 0.15) is 35.4 Å². The van der Waals surface area contributed by atoms with Gasteiger partial charge in [0.05, 0.1) is 22.7 Å². The summed E-state index contributed by atoms with van der Waals surface area (Å²) in [6, 6.07) is 2.54. The minimum absolute atomic E-state index is 0.0409. The number of rotatable bonds is 7. The fourth-order valence-electron chi connectivity index (χ4n) is 5.80. The van der Waals surface area contributed by atoms with Gasteiger partial charge in [-0.15, -0.1) is 0 Å². The molecule has 2 aliphatic carbocycles. The van der Waals surface area contributed by atoms with Crippen LogP contribution in [0.5, 0.6) is 0 Å². The third-order valence-electron chi connectivity index (χ3n) is 7.99. The molecule has 2 aromatic rings. The number of carbonyl (C=O) groups is 3. The van der Waals surface area contributed by atoms with E-state index in [0.29, 0.717) is 6.07 Å². The van der Waals surface area contributed by atoms with E-state index in [0.717, 1.165) is 28.0 Å². The highest BCUT2D eigenvalue weighted by Crippen LogP contribution is 2.44. The van der Waals surface area contributed by atoms with Crippen LogP contribution in [0.3, 0.4) is 0 Å². The molecule has 1 N–H and O–H groups in total. The number of nitriles is 1. The molecule has 43 heavy (non-hydrogen) atoms. The van der Waals surface area contributed by atoms with Crippen LogP contribution in [0.2, 0.25) is 0 Å². The molecule has 1 aliphatic heterocycles. The molecular formula is C30H26F5N5O3. The van der Waals surface area contributed by atoms with E-state index in [-0.39, 0.29) is 30.6 Å². The Morgan fingerprint density at radius 3 is 2.49 bits per heavy atom. The molecule has 0 radical (unpaired) electrons. The molecule has 13 heteroatoms. The van der Waals surface area contributed by atoms with Gasteiger partial charge >= 0.3 is 0 Å². The van der Waals surface area contributed by atoms with Crippen molar-refractivity contribution in [3.8, 4) is 6.07 Å². The molecule has 5 rings (SSSR count). The van der Waals surface area contributed by atoms with Gasteiger partial charge in [-0.2, -0.15) is 5.26 Å². The molecule has 3 atom stereocenters. The number of anilines is 2. The summed E-state index contributed by atoms with van der Waals surface area (Å²) in [5.74, 6) is -8.61. The maximum atomic E-state index is 15.7. The van der Waals surface area contributed by atoms with Crippen LogP contribution in [0.1, 0.15) is 44.6 Å². The fourth-order valence-corrected chi connectivity index (χ4v) is 5.80. The Balaban J connectivity index is 1.64. The molecular weight excluding hydrogens is 573 g/mol. The third-order valence-corrected chi connectivity index (χ3v) is 7.99. The summed E-state index contributed by atoms with van der Waals surface area (Å²) >= 11 is 0. The van der Waals surface area contributed by atoms with Gasteiger partial charge in [0.2, 0.25) is 11.8 Å². The molecule has 0 spiro atoms. The van der Waals surface area contributed by atoms with Crippen molar-refractivity contribution >= 4 is 29.2 Å². The van der Waals surface area contributed by atoms with Gasteiger partial charge < -0.3 is 5.32 Å². The molecule has 3 amide bonds. The second-order valence-corrected chi connectivity index (χ2v) is 11.1. The Hall–Kier alpha value is -4.60. The number of hydrogen-bond donors (Lipinski definition) is 1. The number of hydrogen-bond acceptors (Lipinski definition) is 5. The van der Waals surface area contributed by atoms with Crippen LogP contribution in [0.25, 0.3) is 0 Å². The first-order valence-corrected chi connectivity index (χ1v) is 13.5. The molecule has 1 aromatic heterocycles. The van der Waals surface area contributed by atoms with Gasteiger partial charge in [-0.1, -0.05) is 19.1 Å². The van der Waals surface area contributed by atoms with Gasteiger partial charge in [0, 0.05) is 37.6 Å². The molecule has 224 valence electrons. The maximum Gasteiger partial charge on any atom is 0.252 e. The highest BCUT2D eigenvalue weighted by Gasteiger charge is 2.53. The molecule has 3 aliphatic rings. The van der Waals surface area contributed by atoms with Gasteiger partial charge in [0.15, 0.2) is 0 Å². The van der Waals surface area contributed by atoms with Crippen molar-refractivity contribution in [2.75, 3.05) is 9.80 Å². The standard InChI is InChI=1S/C30H26F5N5O3/c1-29(8-3-2-4-23(29)33)26(27(42)38-20-14-30(34,35)15-20)39(21-12-18(31)11-19(32)13-21)28(43)22-5-6-25(41)40(22)24-10-17(16-36)7-9-37-24/h2-4,7,9-13,20,22,26H,5-6,8,14-15H2,1H3,(H,38,42)/t22-,26+,29?/m0/s1. The predicted octanol–water partition coefficient (Wildman–Crippen LogP) is 4.86. The van der Waals surface area contributed by atoms with E-state index >= 15 is 4.39 Å². The number of nitrogens with zero attached hydrogens (tertiary/aromatic N) is 4. The van der Waals surface area contributed by atoms with Crippen molar-refractivity contribution in [1.82, 2.24) is 10.3 Å². The van der Waals surface area contributed by atoms with E-state index in [4.69, 9.17) is 0 Å². The van der Waals surface area contributed by atoms with E-state index in [2.05, 4.69) is 10.3 Å². The number of benzene rings is 1. The zero-order chi connectivity index (χ0) is 31.1. The van der Waals surface area contributed by atoms with Crippen LogP contribution in [-0.4, -0.2) is 46.8 Å². The lowest BCUT2D eigenvalue weighted by Crippen LogP contribution is -2.63. The van der Waals surface area contributed by atoms with Gasteiger partial charge in [-0.05, 0) is 43.2 Å². The SMILES string of the molecule is CC1([C@@H](C(=O)NC2CC(F)(F)C2)N(C(=O)[C@@H]2CCC(=O)N2c2cc(C#N)ccn2)c2cc(F)cc(F)c2)CC=CC=C1F. The number of carbonyl (C=O) groups excluding carboxylic acids is 3. The van der Waals surface area contributed by atoms with Crippen LogP contribution >= 0.6 is 0 Å². The summed E-state index contributed by atoms with van der Waals surface area (Å²) in [5.41, 5.74) is -2.10. The average molecular weight is 600 g/mol. The summed E-state index contributed by atoms with van der Waals surface area (Å²) in [6.45, 7) is 1.34. The second kappa shape index (κ2) is 11.2. The van der Waals surface area contributed by atoms with Crippen molar-refractivity contribution < 1.29 is 36.3 Å². The highest BCUT2D eigenvalue weighted by atomic mass is 19.3. The van der Waals surface area contributed by atoms with E-state index < -0.39 is 83.2 Å². The monoisotopic (exact) mass is 599 g/mol. The van der Waals surface area contributed by atoms with Crippen LogP contribution in [0, 0.1) is 28.4 Å². The van der Waals surface area contributed by atoms with Crippen molar-refractivity contribution in [2.24, 2.45) is 5.41 Å². The lowest BCUT2D eigenvalue weighted by Gasteiger charge is -2.45. The molecule has 8 nitrogen and oxygen atoms in total. The van der Waals surface area contributed by atoms with Gasteiger partial charge in [-0.25, -0.2) is 26.9 Å². The minimum atomic E-state index is -3.01. The minimum Gasteiger partial charge on any atom is -0.351 e. The Bertz CT molecular complexity index is 1560. The van der Waals surface area contributed by atoms with E-state index in [1.165, 1.54) is 31.3 Å². The van der Waals surface area contributed by atoms with Crippen molar-refractivity contribution in [3.63, 3.8) is 0 Å². The second-order valence-electron chi connectivity index (χ2n) is 11.1. The number of nitrogens with one attached hydrogen (secondary N) is 1. The predicted molar refractivity (Wildman–Crippen MR) is 144 cm³/mol. The van der Waals surface area contributed by atoms with Crippen molar-refractivity contribution in [3.05, 3.63) is 77.8 Å². The van der Waals surface area contributed by atoms with Crippen molar-refractivity contribution in [1.29, 1.82) is 5.26 Å². The van der Waals surface area contributed by atoms with E-state index in [9.17, 15) is 37.2 Å². The molecule has 2 heterocycles. The number of alkyl halides is 2. The summed E-state index contributed by atoms with van der Waals surface area (Å²) in [6.07, 6.45) is 3.58. The fraction of sp³-hybridized carbons (Fsp3) is 0.367. The number of aromatic nitrogens is 1. The smallest absolute Gasteiger partial charge is 0.252 e. The van der Waals surface area contributed by atoms with Crippen LogP contribution in [0.4, 0.5) is 33.5 Å². The number of pyridine rings is 1. The molecule has 1 saturated heterocycles. The quantitative estimate of drug-likeness (QED) is 0.458. The Morgan fingerprint density at radius 1 is 1.16 bits per heavy atom. The molecule has 1 aromatic carbocycles. The number of amides is 3. The first kappa shape index (κ1) is 29.9. The first-order valence-electron chi connectivity index (χ1n) is 13.5. The largest absolute Gasteiger partial charge is 0.351 e. The van der Waals surface area contributed by atoms with E-state index in [1.54, 1.807) is 6.08 Å². The number of halogens is 5. The zero-order valence-corrected chi connectivity index (χ0v) is 22.9. The summed E-state index contributed by atoms with van der Waals surface area (Å²) in [5, 5.41) is 11.8. The molecule has 1 saturated carbocycles. The highest BCUT2D eigenvalue weighted by molar-refractivity contribution is 6.11. The molecule has 0 bridgehead atoms. The van der Waals surface area contributed by atoms with Crippen LogP contribution in [-0.2, 0) is 14.4 Å². The Morgan fingerprint density at radius 2 is 1.86 bits per heavy atom. The zero-order valence-electron chi connectivity index (χ0n) is 22.9. The summed E-state index contributed by atoms with van der Waals surface area (Å²) in [4.78, 5) is 47.3. The lowest BCUT2D eigenvalue weighted by molar-refractivity contribution is -0.135. The first-order chi connectivity index (χ1) is 20.3.